The molecule has 2 nitrogen and oxygen atoms in total. The van der Waals surface area contributed by atoms with Crippen LogP contribution >= 0.6 is 0 Å². The molecule has 0 amide bonds. The quantitative estimate of drug-likeness (QED) is 0.749. The van der Waals surface area contributed by atoms with Gasteiger partial charge in [0.05, 0.1) is 17.1 Å². The van der Waals surface area contributed by atoms with Gasteiger partial charge in [0.2, 0.25) is 0 Å². The number of rotatable bonds is 2. The van der Waals surface area contributed by atoms with Crippen LogP contribution in [0, 0.1) is 28.6 Å². The fraction of sp³-hybridized carbons (Fsp3) is 0.941. The Morgan fingerprint density at radius 1 is 1.00 bits per heavy atom. The maximum atomic E-state index is 11.5. The summed E-state index contributed by atoms with van der Waals surface area (Å²) in [5.74, 6) is 0.776. The Morgan fingerprint density at radius 3 is 2.11 bits per heavy atom. The molecule has 2 rings (SSSR count). The molecule has 0 aromatic carbocycles. The first-order valence-corrected chi connectivity index (χ1v) is 8.19. The van der Waals surface area contributed by atoms with Crippen LogP contribution in [0.2, 0.25) is 0 Å². The third kappa shape index (κ3) is 2.55. The van der Waals surface area contributed by atoms with Gasteiger partial charge in [-0.15, -0.1) is 0 Å². The molecule has 2 heteroatoms. The van der Waals surface area contributed by atoms with E-state index in [1.807, 2.05) is 0 Å². The Labute approximate surface area is 118 Å². The van der Waals surface area contributed by atoms with Crippen LogP contribution in [0.15, 0.2) is 0 Å². The van der Waals surface area contributed by atoms with E-state index < -0.39 is 11.0 Å². The van der Waals surface area contributed by atoms with Crippen molar-refractivity contribution in [2.75, 3.05) is 0 Å². The predicted octanol–water partition coefficient (Wildman–Crippen LogP) is 4.43. The lowest BCUT2D eigenvalue weighted by Crippen LogP contribution is -2.55. The lowest BCUT2D eigenvalue weighted by atomic mass is 9.55. The van der Waals surface area contributed by atoms with Crippen molar-refractivity contribution in [2.24, 2.45) is 17.3 Å². The number of nitriles is 1. The van der Waals surface area contributed by atoms with Gasteiger partial charge in [-0.05, 0) is 37.5 Å². The molecule has 0 aromatic heterocycles. The molecular formula is C17H29NO. The Hall–Kier alpha value is -0.550. The Bertz CT molecular complexity index is 336. The third-order valence-corrected chi connectivity index (χ3v) is 5.74. The van der Waals surface area contributed by atoms with E-state index in [1.54, 1.807) is 0 Å². The van der Waals surface area contributed by atoms with Crippen LogP contribution in [0.4, 0.5) is 0 Å². The summed E-state index contributed by atoms with van der Waals surface area (Å²) in [4.78, 5) is 0. The van der Waals surface area contributed by atoms with Crippen LogP contribution in [0.3, 0.4) is 0 Å². The zero-order valence-corrected chi connectivity index (χ0v) is 12.6. The second-order valence-electron chi connectivity index (χ2n) is 7.13. The monoisotopic (exact) mass is 263 g/mol. The van der Waals surface area contributed by atoms with E-state index in [-0.39, 0.29) is 0 Å². The lowest BCUT2D eigenvalue weighted by Gasteiger charge is -2.51. The smallest absolute Gasteiger partial charge is 0.0863 e. The highest BCUT2D eigenvalue weighted by Crippen LogP contribution is 2.54. The average Bonchev–Trinajstić information content (AvgIpc) is 2.65. The zero-order valence-electron chi connectivity index (χ0n) is 12.6. The van der Waals surface area contributed by atoms with Gasteiger partial charge < -0.3 is 5.11 Å². The van der Waals surface area contributed by atoms with Gasteiger partial charge in [0.15, 0.2) is 0 Å². The molecule has 0 spiro atoms. The minimum atomic E-state index is -0.738. The maximum Gasteiger partial charge on any atom is 0.0863 e. The summed E-state index contributed by atoms with van der Waals surface area (Å²) in [6, 6.07) is 2.60. The molecule has 2 aliphatic carbocycles. The molecule has 2 fully saturated rings. The summed E-state index contributed by atoms with van der Waals surface area (Å²) < 4.78 is 0. The first-order chi connectivity index (χ1) is 9.06. The van der Waals surface area contributed by atoms with Crippen molar-refractivity contribution in [1.82, 2.24) is 0 Å². The molecule has 1 N–H and O–H groups in total. The highest BCUT2D eigenvalue weighted by Gasteiger charge is 2.55. The van der Waals surface area contributed by atoms with Crippen LogP contribution in [0.25, 0.3) is 0 Å². The minimum Gasteiger partial charge on any atom is -0.388 e. The molecule has 2 atom stereocenters. The largest absolute Gasteiger partial charge is 0.388 e. The highest BCUT2D eigenvalue weighted by atomic mass is 16.3. The maximum absolute atomic E-state index is 11.5. The average molecular weight is 263 g/mol. The first-order valence-electron chi connectivity index (χ1n) is 8.19. The van der Waals surface area contributed by atoms with Crippen molar-refractivity contribution in [2.45, 2.75) is 83.7 Å². The topological polar surface area (TPSA) is 44.0 Å². The molecule has 0 aliphatic heterocycles. The second kappa shape index (κ2) is 5.83. The summed E-state index contributed by atoms with van der Waals surface area (Å²) in [5.41, 5.74) is -1.21. The number of aliphatic hydroxyl groups is 1. The van der Waals surface area contributed by atoms with Crippen LogP contribution in [-0.2, 0) is 0 Å². The van der Waals surface area contributed by atoms with Gasteiger partial charge in [-0.3, -0.25) is 0 Å². The van der Waals surface area contributed by atoms with E-state index in [1.165, 1.54) is 19.3 Å². The zero-order chi connectivity index (χ0) is 13.9. The molecular weight excluding hydrogens is 234 g/mol. The van der Waals surface area contributed by atoms with Gasteiger partial charge in [0.25, 0.3) is 0 Å². The van der Waals surface area contributed by atoms with Gasteiger partial charge in [-0.2, -0.15) is 5.26 Å². The predicted molar refractivity (Wildman–Crippen MR) is 77.5 cm³/mol. The Kier molecular flexibility index (Phi) is 4.56. The molecule has 2 aliphatic rings. The first kappa shape index (κ1) is 14.9. The SMILES string of the molecule is CC(C)C1CCCCC1(O)C1(C#N)CCCCCC1. The van der Waals surface area contributed by atoms with Crippen LogP contribution < -0.4 is 0 Å². The summed E-state index contributed by atoms with van der Waals surface area (Å²) in [5, 5.41) is 21.4. The van der Waals surface area contributed by atoms with E-state index in [9.17, 15) is 10.4 Å². The fourth-order valence-corrected chi connectivity index (χ4v) is 4.64. The summed E-state index contributed by atoms with van der Waals surface area (Å²) >= 11 is 0. The van der Waals surface area contributed by atoms with E-state index >= 15 is 0 Å². The van der Waals surface area contributed by atoms with Crippen molar-refractivity contribution in [1.29, 1.82) is 5.26 Å². The molecule has 2 unspecified atom stereocenters. The van der Waals surface area contributed by atoms with Gasteiger partial charge in [0.1, 0.15) is 0 Å². The van der Waals surface area contributed by atoms with Gasteiger partial charge >= 0.3 is 0 Å². The van der Waals surface area contributed by atoms with Crippen LogP contribution in [0.1, 0.15) is 78.1 Å². The molecule has 0 radical (unpaired) electrons. The summed E-state index contributed by atoms with van der Waals surface area (Å²) in [6.45, 7) is 4.42. The number of nitrogens with zero attached hydrogens (tertiary/aromatic N) is 1. The van der Waals surface area contributed by atoms with Crippen molar-refractivity contribution < 1.29 is 5.11 Å². The van der Waals surface area contributed by atoms with Crippen LogP contribution in [0.5, 0.6) is 0 Å². The van der Waals surface area contributed by atoms with E-state index in [0.29, 0.717) is 11.8 Å². The third-order valence-electron chi connectivity index (χ3n) is 5.74. The Morgan fingerprint density at radius 2 is 1.58 bits per heavy atom. The van der Waals surface area contributed by atoms with E-state index in [0.717, 1.165) is 44.9 Å². The number of hydrogen-bond donors (Lipinski definition) is 1. The van der Waals surface area contributed by atoms with Crippen molar-refractivity contribution in [3.8, 4) is 6.07 Å². The molecule has 0 heterocycles. The van der Waals surface area contributed by atoms with Crippen molar-refractivity contribution in [3.63, 3.8) is 0 Å². The molecule has 19 heavy (non-hydrogen) atoms. The fourth-order valence-electron chi connectivity index (χ4n) is 4.64. The van der Waals surface area contributed by atoms with E-state index in [2.05, 4.69) is 19.9 Å². The van der Waals surface area contributed by atoms with Gasteiger partial charge in [0, 0.05) is 0 Å². The van der Waals surface area contributed by atoms with Gasteiger partial charge in [-0.1, -0.05) is 52.4 Å². The van der Waals surface area contributed by atoms with Crippen molar-refractivity contribution in [3.05, 3.63) is 0 Å². The molecule has 0 saturated heterocycles. The molecule has 2 saturated carbocycles. The minimum absolute atomic E-state index is 0.305. The second-order valence-corrected chi connectivity index (χ2v) is 7.13. The summed E-state index contributed by atoms with van der Waals surface area (Å²) in [6.07, 6.45) is 10.7. The van der Waals surface area contributed by atoms with Crippen molar-refractivity contribution >= 4 is 0 Å². The normalized spacial score (nSPS) is 35.6. The molecule has 0 bridgehead atoms. The van der Waals surface area contributed by atoms with E-state index in [4.69, 9.17) is 0 Å². The Balaban J connectivity index is 2.34. The number of hydrogen-bond acceptors (Lipinski definition) is 2. The molecule has 0 aromatic rings. The van der Waals surface area contributed by atoms with Crippen LogP contribution in [-0.4, -0.2) is 10.7 Å². The summed E-state index contributed by atoms with van der Waals surface area (Å²) in [7, 11) is 0. The molecule has 108 valence electrons. The lowest BCUT2D eigenvalue weighted by molar-refractivity contribution is -0.142. The highest BCUT2D eigenvalue weighted by molar-refractivity contribution is 5.15. The van der Waals surface area contributed by atoms with Gasteiger partial charge in [-0.25, -0.2) is 0 Å². The standard InChI is InChI=1S/C17H29NO/c1-14(2)15-9-5-8-12-17(15,19)16(13-18)10-6-3-4-7-11-16/h14-15,19H,3-12H2,1-2H3.